The third-order valence-electron chi connectivity index (χ3n) is 2.38. The summed E-state index contributed by atoms with van der Waals surface area (Å²) in [7, 11) is -3.22. The molecule has 0 spiro atoms. The smallest absolute Gasteiger partial charge is 0.337 e. The van der Waals surface area contributed by atoms with Gasteiger partial charge in [-0.2, -0.15) is 0 Å². The van der Waals surface area contributed by atoms with Gasteiger partial charge in [-0.05, 0) is 34.6 Å². The van der Waals surface area contributed by atoms with Crippen LogP contribution in [0, 0.1) is 0 Å². The van der Waals surface area contributed by atoms with Crippen LogP contribution in [0.5, 0.6) is 0 Å². The van der Waals surface area contributed by atoms with Gasteiger partial charge in [0.25, 0.3) is 0 Å². The van der Waals surface area contributed by atoms with Crippen molar-refractivity contribution in [1.29, 1.82) is 0 Å². The Morgan fingerprint density at radius 3 is 2.06 bits per heavy atom. The molecule has 0 bridgehead atoms. The summed E-state index contributed by atoms with van der Waals surface area (Å²) in [5, 5.41) is 0. The minimum Gasteiger partial charge on any atom is -0.463 e. The average molecular weight is 278 g/mol. The highest BCUT2D eigenvalue weighted by molar-refractivity contribution is 7.54. The zero-order valence-corrected chi connectivity index (χ0v) is 12.7. The minimum absolute atomic E-state index is 0.300. The lowest BCUT2D eigenvalue weighted by molar-refractivity contribution is -0.137. The number of hydrogen-bond acceptors (Lipinski definition) is 5. The highest BCUT2D eigenvalue weighted by Gasteiger charge is 2.33. The van der Waals surface area contributed by atoms with Crippen molar-refractivity contribution in [3.63, 3.8) is 0 Å². The highest BCUT2D eigenvalue weighted by Crippen LogP contribution is 2.55. The van der Waals surface area contributed by atoms with Gasteiger partial charge in [0.2, 0.25) is 0 Å². The first-order valence-corrected chi connectivity index (χ1v) is 7.76. The first-order chi connectivity index (χ1) is 8.41. The average Bonchev–Trinajstić information content (AvgIpc) is 2.28. The van der Waals surface area contributed by atoms with Crippen LogP contribution in [0.3, 0.4) is 0 Å². The predicted molar refractivity (Wildman–Crippen MR) is 70.7 cm³/mol. The molecule has 0 aliphatic heterocycles. The van der Waals surface area contributed by atoms with E-state index in [1.165, 1.54) is 6.08 Å². The standard InChI is InChI=1S/C12H23O5P/c1-6-15-12(13)9-10(4)11(5)18(14,16-7-2)17-8-3/h9,11H,6-8H2,1-5H3/b10-9+/t11-/m0/s1. The van der Waals surface area contributed by atoms with Crippen LogP contribution in [-0.4, -0.2) is 31.4 Å². The van der Waals surface area contributed by atoms with E-state index in [-0.39, 0.29) is 0 Å². The van der Waals surface area contributed by atoms with Crippen molar-refractivity contribution in [2.75, 3.05) is 19.8 Å². The molecule has 0 saturated heterocycles. The SMILES string of the molecule is CCOC(=O)/C=C(\C)[C@H](C)P(=O)(OCC)OCC. The lowest BCUT2D eigenvalue weighted by atomic mass is 10.2. The predicted octanol–water partition coefficient (Wildman–Crippen LogP) is 3.15. The molecule has 18 heavy (non-hydrogen) atoms. The van der Waals surface area contributed by atoms with Crippen molar-refractivity contribution in [2.45, 2.75) is 40.3 Å². The van der Waals surface area contributed by atoms with Gasteiger partial charge in [0.05, 0.1) is 25.5 Å². The second-order valence-electron chi connectivity index (χ2n) is 3.69. The molecule has 0 rings (SSSR count). The van der Waals surface area contributed by atoms with Crippen LogP contribution < -0.4 is 0 Å². The van der Waals surface area contributed by atoms with Crippen molar-refractivity contribution in [3.8, 4) is 0 Å². The summed E-state index contributed by atoms with van der Waals surface area (Å²) in [5.74, 6) is -0.443. The van der Waals surface area contributed by atoms with Crippen molar-refractivity contribution < 1.29 is 23.1 Å². The molecule has 0 aromatic heterocycles. The Hall–Kier alpha value is -0.640. The molecule has 0 unspecified atom stereocenters. The summed E-state index contributed by atoms with van der Waals surface area (Å²) in [6, 6.07) is 0. The van der Waals surface area contributed by atoms with Gasteiger partial charge < -0.3 is 13.8 Å². The van der Waals surface area contributed by atoms with Crippen LogP contribution in [0.4, 0.5) is 0 Å². The van der Waals surface area contributed by atoms with Gasteiger partial charge in [-0.15, -0.1) is 0 Å². The van der Waals surface area contributed by atoms with E-state index in [4.69, 9.17) is 13.8 Å². The number of carbonyl (C=O) groups excluding carboxylic acids is 1. The molecular formula is C12H23O5P. The third-order valence-corrected chi connectivity index (χ3v) is 4.98. The first kappa shape index (κ1) is 17.4. The second-order valence-corrected chi connectivity index (χ2v) is 6.06. The molecule has 0 aliphatic carbocycles. The molecule has 0 aromatic carbocycles. The number of hydrogen-bond donors (Lipinski definition) is 0. The van der Waals surface area contributed by atoms with Crippen LogP contribution in [0.15, 0.2) is 11.6 Å². The molecular weight excluding hydrogens is 255 g/mol. The van der Waals surface area contributed by atoms with Crippen LogP contribution in [0.2, 0.25) is 0 Å². The van der Waals surface area contributed by atoms with Gasteiger partial charge in [0.15, 0.2) is 0 Å². The molecule has 0 fully saturated rings. The summed E-state index contributed by atoms with van der Waals surface area (Å²) in [4.78, 5) is 11.3. The van der Waals surface area contributed by atoms with Crippen LogP contribution in [0.1, 0.15) is 34.6 Å². The first-order valence-electron chi connectivity index (χ1n) is 6.14. The van der Waals surface area contributed by atoms with E-state index < -0.39 is 19.2 Å². The normalized spacial score (nSPS) is 14.4. The molecule has 0 saturated carbocycles. The molecule has 0 amide bonds. The van der Waals surface area contributed by atoms with Crippen LogP contribution in [-0.2, 0) is 23.1 Å². The Kier molecular flexibility index (Phi) is 8.16. The van der Waals surface area contributed by atoms with Gasteiger partial charge in [-0.3, -0.25) is 4.57 Å². The maximum atomic E-state index is 12.5. The van der Waals surface area contributed by atoms with E-state index >= 15 is 0 Å². The Balaban J connectivity index is 4.91. The van der Waals surface area contributed by atoms with E-state index in [9.17, 15) is 9.36 Å². The quantitative estimate of drug-likeness (QED) is 0.388. The fourth-order valence-electron chi connectivity index (χ4n) is 1.36. The highest BCUT2D eigenvalue weighted by atomic mass is 31.2. The molecule has 0 N–H and O–H groups in total. The third kappa shape index (κ3) is 5.34. The van der Waals surface area contributed by atoms with Gasteiger partial charge >= 0.3 is 13.6 Å². The Morgan fingerprint density at radius 2 is 1.67 bits per heavy atom. The van der Waals surface area contributed by atoms with E-state index in [1.54, 1.807) is 34.6 Å². The summed E-state index contributed by atoms with van der Waals surface area (Å²) < 4.78 is 27.7. The van der Waals surface area contributed by atoms with E-state index in [1.807, 2.05) is 0 Å². The molecule has 0 radical (unpaired) electrons. The Labute approximate surface area is 109 Å². The van der Waals surface area contributed by atoms with Crippen molar-refractivity contribution in [1.82, 2.24) is 0 Å². The fourth-order valence-corrected chi connectivity index (χ4v) is 3.18. The molecule has 0 aromatic rings. The fraction of sp³-hybridized carbons (Fsp3) is 0.750. The van der Waals surface area contributed by atoms with Gasteiger partial charge in [0.1, 0.15) is 0 Å². The summed E-state index contributed by atoms with van der Waals surface area (Å²) in [5.41, 5.74) is 0.153. The number of ether oxygens (including phenoxy) is 1. The summed E-state index contributed by atoms with van der Waals surface area (Å²) in [6.07, 6.45) is 1.33. The van der Waals surface area contributed by atoms with Crippen LogP contribution >= 0.6 is 7.60 Å². The monoisotopic (exact) mass is 278 g/mol. The van der Waals surface area contributed by atoms with Crippen LogP contribution in [0.25, 0.3) is 0 Å². The van der Waals surface area contributed by atoms with E-state index in [0.29, 0.717) is 25.4 Å². The zero-order chi connectivity index (χ0) is 14.2. The lowest BCUT2D eigenvalue weighted by Crippen LogP contribution is -2.13. The number of allylic oxidation sites excluding steroid dienone is 1. The second kappa shape index (κ2) is 8.46. The van der Waals surface area contributed by atoms with Gasteiger partial charge in [0, 0.05) is 6.08 Å². The number of esters is 1. The molecule has 106 valence electrons. The lowest BCUT2D eigenvalue weighted by Gasteiger charge is -2.23. The summed E-state index contributed by atoms with van der Waals surface area (Å²) in [6.45, 7) is 9.58. The number of carbonyl (C=O) groups is 1. The maximum absolute atomic E-state index is 12.5. The van der Waals surface area contributed by atoms with Crippen molar-refractivity contribution >= 4 is 13.6 Å². The summed E-state index contributed by atoms with van der Waals surface area (Å²) >= 11 is 0. The van der Waals surface area contributed by atoms with E-state index in [0.717, 1.165) is 0 Å². The zero-order valence-electron chi connectivity index (χ0n) is 11.8. The number of rotatable bonds is 8. The Morgan fingerprint density at radius 1 is 1.17 bits per heavy atom. The molecule has 0 aliphatic rings. The molecule has 0 heterocycles. The topological polar surface area (TPSA) is 61.8 Å². The largest absolute Gasteiger partial charge is 0.463 e. The van der Waals surface area contributed by atoms with Gasteiger partial charge in [-0.25, -0.2) is 4.79 Å². The van der Waals surface area contributed by atoms with Crippen molar-refractivity contribution in [3.05, 3.63) is 11.6 Å². The molecule has 5 nitrogen and oxygen atoms in total. The maximum Gasteiger partial charge on any atom is 0.337 e. The minimum atomic E-state index is -3.22. The van der Waals surface area contributed by atoms with Crippen molar-refractivity contribution in [2.24, 2.45) is 0 Å². The molecule has 1 atom stereocenters. The Bertz CT molecular complexity index is 327. The molecule has 6 heteroatoms. The van der Waals surface area contributed by atoms with E-state index in [2.05, 4.69) is 0 Å². The van der Waals surface area contributed by atoms with Gasteiger partial charge in [-0.1, -0.05) is 5.57 Å².